The second-order valence-corrected chi connectivity index (χ2v) is 16.3. The Hall–Kier alpha value is -7.46. The number of hydrogen-bond donors (Lipinski definition) is 0. The minimum Gasteiger partial charge on any atom is -0.455 e. The molecule has 0 N–H and O–H groups in total. The highest BCUT2D eigenvalue weighted by atomic mass is 32.1. The molecule has 12 aromatic rings. The number of para-hydroxylation sites is 1. The Labute approximate surface area is 345 Å². The molecule has 2 heterocycles. The van der Waals surface area contributed by atoms with Gasteiger partial charge in [0.25, 0.3) is 0 Å². The van der Waals surface area contributed by atoms with E-state index in [1.807, 2.05) is 11.3 Å². The predicted octanol–water partition coefficient (Wildman–Crippen LogP) is 16.7. The highest BCUT2D eigenvalue weighted by Gasteiger charge is 2.24. The minimum atomic E-state index is 0.865. The third-order valence-corrected chi connectivity index (χ3v) is 13.0. The minimum absolute atomic E-state index is 0.865. The van der Waals surface area contributed by atoms with Crippen molar-refractivity contribution in [3.05, 3.63) is 212 Å². The Bertz CT molecular complexity index is 3570. The third kappa shape index (κ3) is 5.47. The summed E-state index contributed by atoms with van der Waals surface area (Å²) in [7, 11) is 0. The van der Waals surface area contributed by atoms with Crippen LogP contribution in [0.25, 0.3) is 97.0 Å². The number of fused-ring (bicyclic) bond motifs is 9. The fourth-order valence-corrected chi connectivity index (χ4v) is 10.3. The maximum absolute atomic E-state index is 6.76. The summed E-state index contributed by atoms with van der Waals surface area (Å²) in [6.45, 7) is 0. The van der Waals surface area contributed by atoms with E-state index in [9.17, 15) is 0 Å². The zero-order valence-corrected chi connectivity index (χ0v) is 32.8. The van der Waals surface area contributed by atoms with Gasteiger partial charge in [-0.05, 0) is 98.6 Å². The van der Waals surface area contributed by atoms with Crippen LogP contribution in [0.1, 0.15) is 0 Å². The molecule has 0 saturated heterocycles. The number of rotatable bonds is 6. The van der Waals surface area contributed by atoms with Gasteiger partial charge < -0.3 is 9.32 Å². The lowest BCUT2D eigenvalue weighted by atomic mass is 9.95. The molecule has 0 saturated carbocycles. The molecule has 276 valence electrons. The van der Waals surface area contributed by atoms with Crippen molar-refractivity contribution in [1.82, 2.24) is 0 Å². The number of hydrogen-bond acceptors (Lipinski definition) is 3. The van der Waals surface area contributed by atoms with Crippen molar-refractivity contribution in [3.8, 4) is 33.4 Å². The predicted molar refractivity (Wildman–Crippen MR) is 253 cm³/mol. The molecule has 0 aliphatic rings. The smallest absolute Gasteiger partial charge is 0.143 e. The summed E-state index contributed by atoms with van der Waals surface area (Å²) in [6, 6.07) is 76.9. The molecular weight excluding hydrogens is 735 g/mol. The normalized spacial score (nSPS) is 11.7. The molecule has 0 unspecified atom stereocenters. The van der Waals surface area contributed by atoms with Crippen LogP contribution >= 0.6 is 11.3 Å². The van der Waals surface area contributed by atoms with E-state index in [4.69, 9.17) is 4.42 Å². The van der Waals surface area contributed by atoms with Crippen LogP contribution in [0.4, 0.5) is 17.1 Å². The molecule has 0 aliphatic carbocycles. The Morgan fingerprint density at radius 3 is 1.88 bits per heavy atom. The number of thiophene rings is 1. The summed E-state index contributed by atoms with van der Waals surface area (Å²) in [5, 5.41) is 9.56. The van der Waals surface area contributed by atoms with Crippen molar-refractivity contribution >= 4 is 92.1 Å². The van der Waals surface area contributed by atoms with Crippen molar-refractivity contribution < 1.29 is 4.42 Å². The fraction of sp³-hybridized carbons (Fsp3) is 0. The van der Waals surface area contributed by atoms with Gasteiger partial charge in [-0.2, -0.15) is 0 Å². The van der Waals surface area contributed by atoms with Crippen LogP contribution in [0.2, 0.25) is 0 Å². The number of furan rings is 1. The van der Waals surface area contributed by atoms with E-state index in [1.165, 1.54) is 64.1 Å². The molecule has 2 nitrogen and oxygen atoms in total. The second-order valence-electron chi connectivity index (χ2n) is 15.2. The summed E-state index contributed by atoms with van der Waals surface area (Å²) in [5.74, 6) is 0. The van der Waals surface area contributed by atoms with Gasteiger partial charge >= 0.3 is 0 Å². The molecule has 0 atom stereocenters. The number of anilines is 3. The van der Waals surface area contributed by atoms with Gasteiger partial charge in [0.2, 0.25) is 0 Å². The third-order valence-electron chi connectivity index (χ3n) is 11.9. The van der Waals surface area contributed by atoms with E-state index in [2.05, 4.69) is 217 Å². The van der Waals surface area contributed by atoms with Crippen molar-refractivity contribution in [2.24, 2.45) is 0 Å². The average Bonchev–Trinajstić information content (AvgIpc) is 3.89. The average molecular weight is 770 g/mol. The zero-order valence-electron chi connectivity index (χ0n) is 32.0. The summed E-state index contributed by atoms with van der Waals surface area (Å²) in [5.41, 5.74) is 12.2. The monoisotopic (exact) mass is 769 g/mol. The molecule has 59 heavy (non-hydrogen) atoms. The van der Waals surface area contributed by atoms with Gasteiger partial charge in [0, 0.05) is 42.2 Å². The Balaban J connectivity index is 1.07. The largest absolute Gasteiger partial charge is 0.455 e. The van der Waals surface area contributed by atoms with Gasteiger partial charge in [0.05, 0.1) is 16.8 Å². The van der Waals surface area contributed by atoms with Gasteiger partial charge in [-0.15, -0.1) is 11.3 Å². The maximum atomic E-state index is 6.76. The van der Waals surface area contributed by atoms with E-state index < -0.39 is 0 Å². The molecule has 0 aliphatic heterocycles. The lowest BCUT2D eigenvalue weighted by Crippen LogP contribution is -2.11. The first kappa shape index (κ1) is 33.7. The molecule has 3 heteroatoms. The van der Waals surface area contributed by atoms with Crippen LogP contribution in [-0.4, -0.2) is 0 Å². The lowest BCUT2D eigenvalue weighted by molar-refractivity contribution is 0.672. The molecule has 12 rings (SSSR count). The van der Waals surface area contributed by atoms with E-state index in [0.717, 1.165) is 50.0 Å². The van der Waals surface area contributed by atoms with Crippen LogP contribution in [0, 0.1) is 0 Å². The lowest BCUT2D eigenvalue weighted by Gasteiger charge is -2.29. The Morgan fingerprint density at radius 2 is 0.983 bits per heavy atom. The van der Waals surface area contributed by atoms with Gasteiger partial charge in [0.15, 0.2) is 0 Å². The van der Waals surface area contributed by atoms with Crippen molar-refractivity contribution in [1.29, 1.82) is 0 Å². The van der Waals surface area contributed by atoms with Crippen molar-refractivity contribution in [2.45, 2.75) is 0 Å². The number of benzene rings is 10. The molecule has 0 amide bonds. The standard InChI is InChI=1S/C56H35NOS/c1-3-18-42-37(13-1)15-10-22-43(42)40-17-9-16-39(35-40)36-29-32-41(33-30-36)57(50-25-12-26-51-55(50)48-34-31-38-14-2-4-19-44(38)56(48)58-51)49-24-7-5-20-45(49)46-23-11-28-53-54(46)47-21-6-8-27-52(47)59-53/h1-35H. The first-order chi connectivity index (χ1) is 29.3. The van der Waals surface area contributed by atoms with Crippen molar-refractivity contribution in [3.63, 3.8) is 0 Å². The first-order valence-electron chi connectivity index (χ1n) is 20.1. The highest BCUT2D eigenvalue weighted by Crippen LogP contribution is 2.49. The quantitative estimate of drug-likeness (QED) is 0.167. The van der Waals surface area contributed by atoms with Gasteiger partial charge in [0.1, 0.15) is 11.2 Å². The molecule has 10 aromatic carbocycles. The molecule has 2 aromatic heterocycles. The molecule has 0 spiro atoms. The molecule has 0 fully saturated rings. The van der Waals surface area contributed by atoms with E-state index >= 15 is 0 Å². The Morgan fingerprint density at radius 1 is 0.356 bits per heavy atom. The van der Waals surface area contributed by atoms with E-state index in [0.29, 0.717) is 0 Å². The summed E-state index contributed by atoms with van der Waals surface area (Å²) < 4.78 is 9.35. The highest BCUT2D eigenvalue weighted by molar-refractivity contribution is 7.25. The first-order valence-corrected chi connectivity index (χ1v) is 20.9. The maximum Gasteiger partial charge on any atom is 0.143 e. The Kier molecular flexibility index (Phi) is 7.75. The molecule has 0 radical (unpaired) electrons. The number of nitrogens with zero attached hydrogens (tertiary/aromatic N) is 1. The van der Waals surface area contributed by atoms with Gasteiger partial charge in [-0.1, -0.05) is 158 Å². The fourth-order valence-electron chi connectivity index (χ4n) is 9.17. The van der Waals surface area contributed by atoms with E-state index in [1.54, 1.807) is 0 Å². The van der Waals surface area contributed by atoms with Crippen molar-refractivity contribution in [2.75, 3.05) is 4.90 Å². The zero-order chi connectivity index (χ0) is 38.9. The SMILES string of the molecule is c1cc(-c2ccc(N(c3ccccc3-c3cccc4sc5ccccc5c34)c3cccc4oc5c6ccccc6ccc5c34)cc2)cc(-c2cccc3ccccc23)c1. The van der Waals surface area contributed by atoms with Crippen LogP contribution in [0.3, 0.4) is 0 Å². The van der Waals surface area contributed by atoms with Gasteiger partial charge in [-0.25, -0.2) is 0 Å². The summed E-state index contributed by atoms with van der Waals surface area (Å²) in [4.78, 5) is 2.44. The molecular formula is C56H35NOS. The topological polar surface area (TPSA) is 16.4 Å². The van der Waals surface area contributed by atoms with Crippen LogP contribution in [0.5, 0.6) is 0 Å². The summed E-state index contributed by atoms with van der Waals surface area (Å²) >= 11 is 1.86. The van der Waals surface area contributed by atoms with E-state index in [-0.39, 0.29) is 0 Å². The summed E-state index contributed by atoms with van der Waals surface area (Å²) in [6.07, 6.45) is 0. The molecule has 0 bridgehead atoms. The van der Waals surface area contributed by atoms with Gasteiger partial charge in [-0.3, -0.25) is 0 Å². The second kappa shape index (κ2) is 13.6. The van der Waals surface area contributed by atoms with Crippen LogP contribution in [0.15, 0.2) is 217 Å². The van der Waals surface area contributed by atoms with Crippen LogP contribution in [-0.2, 0) is 0 Å². The van der Waals surface area contributed by atoms with Crippen LogP contribution < -0.4 is 4.90 Å².